The average Bonchev–Trinajstić information content (AvgIpc) is 3.53. The summed E-state index contributed by atoms with van der Waals surface area (Å²) >= 11 is 0. The monoisotopic (exact) mass is 606 g/mol. The number of nitrogens with one attached hydrogen (secondary N) is 2. The summed E-state index contributed by atoms with van der Waals surface area (Å²) in [6.45, 7) is 8.34. The number of fused-ring (bicyclic) bond motifs is 2. The molecule has 9 nitrogen and oxygen atoms in total. The summed E-state index contributed by atoms with van der Waals surface area (Å²) in [4.78, 5) is 28.6. The molecule has 2 bridgehead atoms. The fourth-order valence-corrected chi connectivity index (χ4v) is 6.73. The van der Waals surface area contributed by atoms with Gasteiger partial charge in [0.1, 0.15) is 11.6 Å². The number of phenols is 1. The zero-order chi connectivity index (χ0) is 31.9. The van der Waals surface area contributed by atoms with E-state index in [-0.39, 0.29) is 40.9 Å². The van der Waals surface area contributed by atoms with E-state index in [1.165, 1.54) is 6.07 Å². The Balaban J connectivity index is 1.11. The maximum absolute atomic E-state index is 13.4. The SMILES string of the molecule is Cc1ccc(-n2nc(C(C)(C)C)cc2NC(=O)Nc2cccc(CC3CC4CCC(C3)N4C(=O)c3ccc(O)c(N)c3)c2)cc1. The zero-order valence-electron chi connectivity index (χ0n) is 26.4. The molecule has 1 aromatic heterocycles. The van der Waals surface area contributed by atoms with Crippen LogP contribution in [0, 0.1) is 12.8 Å². The van der Waals surface area contributed by atoms with Crippen LogP contribution in [0.5, 0.6) is 5.75 Å². The number of carbonyl (C=O) groups excluding carboxylic acids is 2. The molecule has 4 aromatic rings. The molecule has 5 N–H and O–H groups in total. The first-order chi connectivity index (χ1) is 21.4. The summed E-state index contributed by atoms with van der Waals surface area (Å²) in [5.41, 5.74) is 11.2. The standard InChI is InChI=1S/C36H42N6O3/c1-22-8-11-27(12-9-22)42-33(21-32(40-42)36(2,3)4)39-35(45)38-26-7-5-6-23(17-26)16-24-18-28-13-14-29(19-24)41(28)34(44)25-10-15-31(43)30(37)20-25/h5-12,15,17,20-21,24,28-29,43H,13-14,16,18-19,37H2,1-4H3,(H2,38,39,45). The summed E-state index contributed by atoms with van der Waals surface area (Å²) in [6, 6.07) is 22.7. The fourth-order valence-electron chi connectivity index (χ4n) is 6.73. The van der Waals surface area contributed by atoms with Crippen LogP contribution in [0.3, 0.4) is 0 Å². The average molecular weight is 607 g/mol. The molecule has 0 radical (unpaired) electrons. The minimum atomic E-state index is -0.333. The molecule has 2 fully saturated rings. The van der Waals surface area contributed by atoms with Gasteiger partial charge in [0.15, 0.2) is 0 Å². The lowest BCUT2D eigenvalue weighted by molar-refractivity contribution is 0.0524. The highest BCUT2D eigenvalue weighted by Crippen LogP contribution is 2.41. The van der Waals surface area contributed by atoms with Crippen molar-refractivity contribution >= 4 is 29.1 Å². The predicted octanol–water partition coefficient (Wildman–Crippen LogP) is 7.04. The molecule has 0 aliphatic carbocycles. The van der Waals surface area contributed by atoms with Crippen LogP contribution >= 0.6 is 0 Å². The second-order valence-corrected chi connectivity index (χ2v) is 13.6. The Morgan fingerprint density at radius 1 is 0.956 bits per heavy atom. The first-order valence-corrected chi connectivity index (χ1v) is 15.7. The Labute approximate surface area is 264 Å². The van der Waals surface area contributed by atoms with Crippen LogP contribution in [0.25, 0.3) is 5.69 Å². The van der Waals surface area contributed by atoms with Gasteiger partial charge >= 0.3 is 6.03 Å². The van der Waals surface area contributed by atoms with Crippen molar-refractivity contribution in [2.24, 2.45) is 5.92 Å². The quantitative estimate of drug-likeness (QED) is 0.138. The number of nitrogen functional groups attached to an aromatic ring is 1. The van der Waals surface area contributed by atoms with Gasteiger partial charge in [0.25, 0.3) is 5.91 Å². The van der Waals surface area contributed by atoms with Crippen molar-refractivity contribution in [1.29, 1.82) is 0 Å². The van der Waals surface area contributed by atoms with Gasteiger partial charge in [0.05, 0.1) is 17.1 Å². The van der Waals surface area contributed by atoms with Crippen molar-refractivity contribution in [3.8, 4) is 11.4 Å². The van der Waals surface area contributed by atoms with Crippen LogP contribution in [0.2, 0.25) is 0 Å². The number of aryl methyl sites for hydroxylation is 1. The van der Waals surface area contributed by atoms with E-state index in [4.69, 9.17) is 10.8 Å². The lowest BCUT2D eigenvalue weighted by Gasteiger charge is -2.39. The predicted molar refractivity (Wildman–Crippen MR) is 178 cm³/mol. The van der Waals surface area contributed by atoms with E-state index < -0.39 is 0 Å². The number of aromatic nitrogens is 2. The number of nitrogens with zero attached hydrogens (tertiary/aromatic N) is 3. The van der Waals surface area contributed by atoms with Crippen molar-refractivity contribution in [3.63, 3.8) is 0 Å². The molecule has 2 atom stereocenters. The van der Waals surface area contributed by atoms with E-state index in [0.717, 1.165) is 60.3 Å². The zero-order valence-corrected chi connectivity index (χ0v) is 26.4. The largest absolute Gasteiger partial charge is 0.506 e. The van der Waals surface area contributed by atoms with Crippen molar-refractivity contribution in [2.75, 3.05) is 16.4 Å². The summed E-state index contributed by atoms with van der Waals surface area (Å²) in [5, 5.41) is 20.6. The van der Waals surface area contributed by atoms with E-state index in [9.17, 15) is 14.7 Å². The van der Waals surface area contributed by atoms with Crippen LogP contribution in [0.15, 0.2) is 72.8 Å². The lowest BCUT2D eigenvalue weighted by Crippen LogP contribution is -2.46. The van der Waals surface area contributed by atoms with E-state index in [1.807, 2.05) is 60.4 Å². The second kappa shape index (κ2) is 12.0. The van der Waals surface area contributed by atoms with Gasteiger partial charge in [0, 0.05) is 34.8 Å². The smallest absolute Gasteiger partial charge is 0.324 e. The Kier molecular flexibility index (Phi) is 8.03. The van der Waals surface area contributed by atoms with Gasteiger partial charge in [-0.3, -0.25) is 10.1 Å². The molecule has 234 valence electrons. The van der Waals surface area contributed by atoms with Gasteiger partial charge in [-0.15, -0.1) is 0 Å². The van der Waals surface area contributed by atoms with Crippen LogP contribution in [0.4, 0.5) is 22.0 Å². The van der Waals surface area contributed by atoms with Gasteiger partial charge in [0.2, 0.25) is 0 Å². The number of anilines is 3. The van der Waals surface area contributed by atoms with Crippen LogP contribution in [0.1, 0.15) is 73.6 Å². The van der Waals surface area contributed by atoms with Crippen molar-refractivity contribution in [1.82, 2.24) is 14.7 Å². The first-order valence-electron chi connectivity index (χ1n) is 15.7. The highest BCUT2D eigenvalue weighted by Gasteiger charge is 2.43. The summed E-state index contributed by atoms with van der Waals surface area (Å²) in [5.74, 6) is 1.03. The van der Waals surface area contributed by atoms with Gasteiger partial charge in [-0.05, 0) is 93.0 Å². The summed E-state index contributed by atoms with van der Waals surface area (Å²) < 4.78 is 1.78. The number of rotatable bonds is 6. The molecular formula is C36H42N6O3. The number of phenolic OH excluding ortho intramolecular Hbond substituents is 1. The Morgan fingerprint density at radius 2 is 1.67 bits per heavy atom. The maximum atomic E-state index is 13.4. The van der Waals surface area contributed by atoms with E-state index >= 15 is 0 Å². The normalized spacial score (nSPS) is 19.4. The number of hydrogen-bond donors (Lipinski definition) is 4. The van der Waals surface area contributed by atoms with Crippen LogP contribution in [-0.2, 0) is 11.8 Å². The molecule has 0 spiro atoms. The maximum Gasteiger partial charge on any atom is 0.324 e. The van der Waals surface area contributed by atoms with E-state index in [2.05, 4.69) is 37.5 Å². The van der Waals surface area contributed by atoms with Crippen LogP contribution in [-0.4, -0.2) is 43.8 Å². The van der Waals surface area contributed by atoms with Crippen molar-refractivity contribution in [2.45, 2.75) is 77.3 Å². The molecular weight excluding hydrogens is 564 g/mol. The lowest BCUT2D eigenvalue weighted by atomic mass is 9.85. The topological polar surface area (TPSA) is 126 Å². The number of carbonyl (C=O) groups is 2. The number of amides is 3. The van der Waals surface area contributed by atoms with Gasteiger partial charge in [-0.2, -0.15) is 5.10 Å². The molecule has 2 saturated heterocycles. The fraction of sp³-hybridized carbons (Fsp3) is 0.361. The number of hydrogen-bond acceptors (Lipinski definition) is 5. The van der Waals surface area contributed by atoms with E-state index in [1.54, 1.807) is 16.8 Å². The number of benzene rings is 3. The molecule has 9 heteroatoms. The highest BCUT2D eigenvalue weighted by molar-refractivity contribution is 5.99. The molecule has 2 aliphatic rings. The Hall–Kier alpha value is -4.79. The van der Waals surface area contributed by atoms with Crippen molar-refractivity contribution in [3.05, 3.63) is 95.2 Å². The second-order valence-electron chi connectivity index (χ2n) is 13.6. The highest BCUT2D eigenvalue weighted by atomic mass is 16.3. The van der Waals surface area contributed by atoms with Crippen LogP contribution < -0.4 is 16.4 Å². The number of piperidine rings is 1. The summed E-state index contributed by atoms with van der Waals surface area (Å²) in [7, 11) is 0. The summed E-state index contributed by atoms with van der Waals surface area (Å²) in [6.07, 6.45) is 4.75. The van der Waals surface area contributed by atoms with Crippen molar-refractivity contribution < 1.29 is 14.7 Å². The number of aromatic hydroxyl groups is 1. The molecule has 2 aliphatic heterocycles. The Bertz CT molecular complexity index is 1710. The molecule has 45 heavy (non-hydrogen) atoms. The minimum Gasteiger partial charge on any atom is -0.506 e. The Morgan fingerprint density at radius 3 is 2.33 bits per heavy atom. The van der Waals surface area contributed by atoms with Gasteiger partial charge < -0.3 is 21.1 Å². The molecule has 3 amide bonds. The number of nitrogens with two attached hydrogens (primary N) is 1. The van der Waals surface area contributed by atoms with Gasteiger partial charge in [-0.25, -0.2) is 9.48 Å². The third-order valence-corrected chi connectivity index (χ3v) is 9.05. The van der Waals surface area contributed by atoms with E-state index in [0.29, 0.717) is 17.3 Å². The van der Waals surface area contributed by atoms with Gasteiger partial charge in [-0.1, -0.05) is 50.6 Å². The molecule has 0 saturated carbocycles. The molecule has 3 aromatic carbocycles. The number of urea groups is 1. The minimum absolute atomic E-state index is 0.00837. The third-order valence-electron chi connectivity index (χ3n) is 9.05. The third kappa shape index (κ3) is 6.53. The molecule has 6 rings (SSSR count). The molecule has 2 unspecified atom stereocenters. The molecule has 3 heterocycles. The first kappa shape index (κ1) is 30.2.